The fraction of sp³-hybridized carbons (Fsp3) is 0.333. The fourth-order valence-corrected chi connectivity index (χ4v) is 4.58. The van der Waals surface area contributed by atoms with E-state index in [1.54, 1.807) is 0 Å². The predicted octanol–water partition coefficient (Wildman–Crippen LogP) is 7.92. The molecule has 0 saturated heterocycles. The van der Waals surface area contributed by atoms with Crippen LogP contribution in [0.3, 0.4) is 0 Å². The number of hydrogen-bond donors (Lipinski definition) is 0. The highest BCUT2D eigenvalue weighted by molar-refractivity contribution is 5.67. The number of halogens is 4. The van der Waals surface area contributed by atoms with Gasteiger partial charge in [-0.1, -0.05) is 56.2 Å². The Labute approximate surface area is 180 Å². The molecule has 3 aromatic rings. The van der Waals surface area contributed by atoms with E-state index in [-0.39, 0.29) is 29.0 Å². The summed E-state index contributed by atoms with van der Waals surface area (Å²) in [6.07, 6.45) is 5.88. The predicted molar refractivity (Wildman–Crippen MR) is 116 cm³/mol. The number of fused-ring (bicyclic) bond motifs is 1. The van der Waals surface area contributed by atoms with Gasteiger partial charge in [-0.25, -0.2) is 17.6 Å². The summed E-state index contributed by atoms with van der Waals surface area (Å²) in [6, 6.07) is 13.1. The maximum absolute atomic E-state index is 15.2. The molecule has 4 rings (SSSR count). The SMILES string of the molecule is CCCCCc1ccc(C2CCc3c(F)c(-c4ccc(F)cc4)c(F)c(F)c3C2)cc1. The van der Waals surface area contributed by atoms with E-state index >= 15 is 4.39 Å². The molecule has 0 radical (unpaired) electrons. The van der Waals surface area contributed by atoms with Gasteiger partial charge in [-0.3, -0.25) is 0 Å². The van der Waals surface area contributed by atoms with Crippen LogP contribution in [0.25, 0.3) is 11.1 Å². The van der Waals surface area contributed by atoms with E-state index < -0.39 is 28.8 Å². The Morgan fingerprint density at radius 2 is 1.48 bits per heavy atom. The van der Waals surface area contributed by atoms with E-state index in [0.29, 0.717) is 12.8 Å². The first-order chi connectivity index (χ1) is 15.0. The Balaban J connectivity index is 1.60. The van der Waals surface area contributed by atoms with Gasteiger partial charge in [0.1, 0.15) is 11.6 Å². The summed E-state index contributed by atoms with van der Waals surface area (Å²) in [5, 5.41) is 0. The van der Waals surface area contributed by atoms with Gasteiger partial charge in [-0.2, -0.15) is 0 Å². The van der Waals surface area contributed by atoms with E-state index in [4.69, 9.17) is 0 Å². The van der Waals surface area contributed by atoms with Crippen molar-refractivity contribution in [2.75, 3.05) is 0 Å². The third-order valence-electron chi connectivity index (χ3n) is 6.37. The lowest BCUT2D eigenvalue weighted by molar-refractivity contribution is 0.458. The summed E-state index contributed by atoms with van der Waals surface area (Å²) in [6.45, 7) is 2.18. The summed E-state index contributed by atoms with van der Waals surface area (Å²) in [5.74, 6) is -3.40. The van der Waals surface area contributed by atoms with Gasteiger partial charge in [0.25, 0.3) is 0 Å². The van der Waals surface area contributed by atoms with E-state index in [0.717, 1.165) is 30.5 Å². The zero-order valence-corrected chi connectivity index (χ0v) is 17.7. The smallest absolute Gasteiger partial charge is 0.169 e. The molecule has 0 N–H and O–H groups in total. The molecule has 4 heteroatoms. The van der Waals surface area contributed by atoms with Gasteiger partial charge >= 0.3 is 0 Å². The van der Waals surface area contributed by atoms with Crippen LogP contribution in [0.5, 0.6) is 0 Å². The number of hydrogen-bond acceptors (Lipinski definition) is 0. The summed E-state index contributed by atoms with van der Waals surface area (Å²) >= 11 is 0. The average molecular weight is 426 g/mol. The number of benzene rings is 3. The maximum Gasteiger partial charge on any atom is 0.169 e. The van der Waals surface area contributed by atoms with Crippen LogP contribution < -0.4 is 0 Å². The minimum absolute atomic E-state index is 0.0298. The normalized spacial score (nSPS) is 15.7. The third-order valence-corrected chi connectivity index (χ3v) is 6.37. The minimum Gasteiger partial charge on any atom is -0.207 e. The van der Waals surface area contributed by atoms with Crippen molar-refractivity contribution < 1.29 is 17.6 Å². The molecular formula is C27H26F4. The zero-order chi connectivity index (χ0) is 22.0. The van der Waals surface area contributed by atoms with Gasteiger partial charge in [0.05, 0.1) is 5.56 Å². The summed E-state index contributed by atoms with van der Waals surface area (Å²) < 4.78 is 58.3. The van der Waals surface area contributed by atoms with Crippen molar-refractivity contribution in [3.8, 4) is 11.1 Å². The molecule has 0 saturated carbocycles. The van der Waals surface area contributed by atoms with Gasteiger partial charge in [0, 0.05) is 0 Å². The van der Waals surface area contributed by atoms with Gasteiger partial charge < -0.3 is 0 Å². The minimum atomic E-state index is -1.20. The van der Waals surface area contributed by atoms with Crippen LogP contribution in [0, 0.1) is 23.3 Å². The topological polar surface area (TPSA) is 0 Å². The number of aryl methyl sites for hydroxylation is 1. The molecule has 31 heavy (non-hydrogen) atoms. The maximum atomic E-state index is 15.2. The second-order valence-electron chi connectivity index (χ2n) is 8.42. The van der Waals surface area contributed by atoms with Crippen LogP contribution in [-0.4, -0.2) is 0 Å². The lowest BCUT2D eigenvalue weighted by Crippen LogP contribution is -2.18. The molecule has 1 unspecified atom stereocenters. The van der Waals surface area contributed by atoms with Crippen molar-refractivity contribution in [2.45, 2.75) is 57.8 Å². The van der Waals surface area contributed by atoms with E-state index in [2.05, 4.69) is 31.2 Å². The molecule has 0 aliphatic heterocycles. The Morgan fingerprint density at radius 3 is 2.16 bits per heavy atom. The van der Waals surface area contributed by atoms with Crippen molar-refractivity contribution in [2.24, 2.45) is 0 Å². The van der Waals surface area contributed by atoms with E-state index in [1.165, 1.54) is 30.5 Å². The van der Waals surface area contributed by atoms with Crippen molar-refractivity contribution in [1.29, 1.82) is 0 Å². The van der Waals surface area contributed by atoms with Crippen LogP contribution in [0.4, 0.5) is 17.6 Å². The molecule has 3 aromatic carbocycles. The van der Waals surface area contributed by atoms with Crippen LogP contribution >= 0.6 is 0 Å². The third kappa shape index (κ3) is 4.39. The van der Waals surface area contributed by atoms with Gasteiger partial charge in [0.15, 0.2) is 11.6 Å². The van der Waals surface area contributed by atoms with Crippen LogP contribution in [0.15, 0.2) is 48.5 Å². The first-order valence-electron chi connectivity index (χ1n) is 11.0. The molecule has 0 amide bonds. The molecule has 0 aromatic heterocycles. The summed E-state index contributed by atoms with van der Waals surface area (Å²) in [7, 11) is 0. The van der Waals surface area contributed by atoms with Gasteiger partial charge in [-0.15, -0.1) is 0 Å². The quantitative estimate of drug-likeness (QED) is 0.213. The summed E-state index contributed by atoms with van der Waals surface area (Å²) in [5.41, 5.74) is 2.45. The molecule has 0 bridgehead atoms. The fourth-order valence-electron chi connectivity index (χ4n) is 4.58. The standard InChI is InChI=1S/C27H26F4/c1-2-3-4-5-17-6-8-18(9-7-17)20-12-15-22-23(16-20)26(30)27(31)24(25(22)29)19-10-13-21(28)14-11-19/h6-11,13-14,20H,2-5,12,15-16H2,1H3. The Kier molecular flexibility index (Phi) is 6.45. The highest BCUT2D eigenvalue weighted by Crippen LogP contribution is 2.40. The van der Waals surface area contributed by atoms with Crippen molar-refractivity contribution >= 4 is 0 Å². The first-order valence-corrected chi connectivity index (χ1v) is 11.0. The molecule has 1 atom stereocenters. The lowest BCUT2D eigenvalue weighted by Gasteiger charge is -2.27. The Hall–Kier alpha value is -2.62. The molecule has 0 nitrogen and oxygen atoms in total. The van der Waals surface area contributed by atoms with Gasteiger partial charge in [-0.05, 0) is 78.0 Å². The van der Waals surface area contributed by atoms with E-state index in [1.807, 2.05) is 0 Å². The average Bonchev–Trinajstić information content (AvgIpc) is 2.79. The lowest BCUT2D eigenvalue weighted by atomic mass is 9.78. The first kappa shape index (κ1) is 21.6. The number of unbranched alkanes of at least 4 members (excludes halogenated alkanes) is 2. The molecule has 1 aliphatic carbocycles. The largest absolute Gasteiger partial charge is 0.207 e. The van der Waals surface area contributed by atoms with E-state index in [9.17, 15) is 13.2 Å². The second kappa shape index (κ2) is 9.25. The molecule has 0 heterocycles. The van der Waals surface area contributed by atoms with Crippen molar-refractivity contribution in [3.63, 3.8) is 0 Å². The van der Waals surface area contributed by atoms with Crippen LogP contribution in [0.1, 0.15) is 60.8 Å². The second-order valence-corrected chi connectivity index (χ2v) is 8.42. The molecule has 0 fully saturated rings. The highest BCUT2D eigenvalue weighted by Gasteiger charge is 2.31. The van der Waals surface area contributed by atoms with Crippen LogP contribution in [-0.2, 0) is 19.3 Å². The monoisotopic (exact) mass is 426 g/mol. The Morgan fingerprint density at radius 1 is 0.774 bits per heavy atom. The molecule has 1 aliphatic rings. The van der Waals surface area contributed by atoms with Gasteiger partial charge in [0.2, 0.25) is 0 Å². The molecule has 0 spiro atoms. The zero-order valence-electron chi connectivity index (χ0n) is 17.7. The number of rotatable bonds is 6. The molecular weight excluding hydrogens is 400 g/mol. The Bertz CT molecular complexity index is 1050. The highest BCUT2D eigenvalue weighted by atomic mass is 19.2. The van der Waals surface area contributed by atoms with Crippen molar-refractivity contribution in [1.82, 2.24) is 0 Å². The molecule has 162 valence electrons. The van der Waals surface area contributed by atoms with Crippen molar-refractivity contribution in [3.05, 3.63) is 94.1 Å². The van der Waals surface area contributed by atoms with Crippen LogP contribution in [0.2, 0.25) is 0 Å². The summed E-state index contributed by atoms with van der Waals surface area (Å²) in [4.78, 5) is 0.